The number of fused-ring (bicyclic) bond motifs is 1. The third-order valence-electron chi connectivity index (χ3n) is 3.43. The second-order valence-corrected chi connectivity index (χ2v) is 4.92. The average Bonchev–Trinajstić information content (AvgIpc) is 2.80. The number of nitriles is 1. The van der Waals surface area contributed by atoms with E-state index >= 15 is 0 Å². The largest absolute Gasteiger partial charge is 0.323 e. The first-order chi connectivity index (χ1) is 9.78. The van der Waals surface area contributed by atoms with Crippen molar-refractivity contribution in [2.24, 2.45) is 0 Å². The third kappa shape index (κ3) is 2.28. The summed E-state index contributed by atoms with van der Waals surface area (Å²) in [4.78, 5) is 4.56. The van der Waals surface area contributed by atoms with Gasteiger partial charge in [0.1, 0.15) is 5.82 Å². The first kappa shape index (κ1) is 12.4. The molecule has 0 amide bonds. The maximum absolute atomic E-state index is 8.97. The van der Waals surface area contributed by atoms with Crippen molar-refractivity contribution in [3.05, 3.63) is 65.5 Å². The van der Waals surface area contributed by atoms with E-state index in [0.29, 0.717) is 6.42 Å². The summed E-state index contributed by atoms with van der Waals surface area (Å²) in [5.41, 5.74) is 4.50. The molecule has 1 heterocycles. The summed E-state index contributed by atoms with van der Waals surface area (Å²) in [5, 5.41) is 8.97. The van der Waals surface area contributed by atoms with Crippen LogP contribution < -0.4 is 0 Å². The minimum Gasteiger partial charge on any atom is -0.323 e. The quantitative estimate of drug-likeness (QED) is 0.724. The average molecular weight is 261 g/mol. The van der Waals surface area contributed by atoms with Crippen molar-refractivity contribution in [3.8, 4) is 6.07 Å². The Labute approximate surface area is 118 Å². The molecule has 0 N–H and O–H groups in total. The molecule has 0 spiro atoms. The van der Waals surface area contributed by atoms with E-state index in [2.05, 4.69) is 52.9 Å². The van der Waals surface area contributed by atoms with E-state index < -0.39 is 0 Å². The van der Waals surface area contributed by atoms with Crippen LogP contribution in [0.3, 0.4) is 0 Å². The first-order valence-corrected chi connectivity index (χ1v) is 6.64. The number of aromatic nitrogens is 2. The van der Waals surface area contributed by atoms with Crippen LogP contribution in [0.4, 0.5) is 0 Å². The summed E-state index contributed by atoms with van der Waals surface area (Å²) < 4.78 is 2.13. The molecule has 0 aliphatic heterocycles. The lowest BCUT2D eigenvalue weighted by molar-refractivity contribution is 0.769. The smallest absolute Gasteiger partial charge is 0.124 e. The van der Waals surface area contributed by atoms with Crippen LogP contribution >= 0.6 is 0 Å². The third-order valence-corrected chi connectivity index (χ3v) is 3.43. The normalized spacial score (nSPS) is 10.6. The van der Waals surface area contributed by atoms with E-state index in [-0.39, 0.29) is 0 Å². The summed E-state index contributed by atoms with van der Waals surface area (Å²) in [6.07, 6.45) is 0.334. The molecule has 0 fully saturated rings. The Hall–Kier alpha value is -2.60. The molecule has 0 radical (unpaired) electrons. The van der Waals surface area contributed by atoms with Crippen molar-refractivity contribution in [2.75, 3.05) is 0 Å². The van der Waals surface area contributed by atoms with Crippen molar-refractivity contribution in [1.82, 2.24) is 9.55 Å². The monoisotopic (exact) mass is 261 g/mol. The minimum atomic E-state index is 0.334. The van der Waals surface area contributed by atoms with Gasteiger partial charge >= 0.3 is 0 Å². The highest BCUT2D eigenvalue weighted by molar-refractivity contribution is 5.76. The second-order valence-electron chi connectivity index (χ2n) is 4.92. The minimum absolute atomic E-state index is 0.334. The van der Waals surface area contributed by atoms with Gasteiger partial charge in [0, 0.05) is 6.54 Å². The Balaban J connectivity index is 2.06. The standard InChI is InChI=1S/C17H15N3/c1-13-6-8-14(9-7-13)12-20-16-5-3-2-4-15(16)19-17(20)10-11-18/h2-9H,10,12H2,1H3. The summed E-state index contributed by atoms with van der Waals surface area (Å²) >= 11 is 0. The van der Waals surface area contributed by atoms with Gasteiger partial charge in [-0.1, -0.05) is 42.0 Å². The molecule has 3 heteroatoms. The zero-order chi connectivity index (χ0) is 13.9. The van der Waals surface area contributed by atoms with Gasteiger partial charge in [-0.25, -0.2) is 4.98 Å². The molecule has 0 aliphatic rings. The Morgan fingerprint density at radius 2 is 1.85 bits per heavy atom. The summed E-state index contributed by atoms with van der Waals surface area (Å²) in [6, 6.07) is 18.7. The van der Waals surface area contributed by atoms with Gasteiger partial charge in [0.25, 0.3) is 0 Å². The molecule has 2 aromatic carbocycles. The topological polar surface area (TPSA) is 41.6 Å². The van der Waals surface area contributed by atoms with E-state index in [0.717, 1.165) is 23.4 Å². The maximum atomic E-state index is 8.97. The summed E-state index contributed by atoms with van der Waals surface area (Å²) in [5.74, 6) is 0.828. The van der Waals surface area contributed by atoms with Crippen LogP contribution in [0.1, 0.15) is 17.0 Å². The number of hydrogen-bond acceptors (Lipinski definition) is 2. The number of para-hydroxylation sites is 2. The lowest BCUT2D eigenvalue weighted by Gasteiger charge is -2.08. The van der Waals surface area contributed by atoms with Crippen LogP contribution in [-0.4, -0.2) is 9.55 Å². The molecule has 0 bridgehead atoms. The second kappa shape index (κ2) is 5.18. The highest BCUT2D eigenvalue weighted by Crippen LogP contribution is 2.18. The maximum Gasteiger partial charge on any atom is 0.124 e. The van der Waals surface area contributed by atoms with Gasteiger partial charge in [-0.3, -0.25) is 0 Å². The molecule has 0 saturated heterocycles. The predicted octanol–water partition coefficient (Wildman–Crippen LogP) is 3.46. The molecule has 0 saturated carbocycles. The van der Waals surface area contributed by atoms with E-state index in [9.17, 15) is 0 Å². The number of benzene rings is 2. The van der Waals surface area contributed by atoms with Crippen molar-refractivity contribution < 1.29 is 0 Å². The SMILES string of the molecule is Cc1ccc(Cn2c(CC#N)nc3ccccc32)cc1. The highest BCUT2D eigenvalue weighted by atomic mass is 15.1. The Morgan fingerprint density at radius 1 is 1.10 bits per heavy atom. The van der Waals surface area contributed by atoms with Crippen LogP contribution in [0.5, 0.6) is 0 Å². The Morgan fingerprint density at radius 3 is 2.60 bits per heavy atom. The lowest BCUT2D eigenvalue weighted by atomic mass is 10.1. The Kier molecular flexibility index (Phi) is 3.22. The zero-order valence-corrected chi connectivity index (χ0v) is 11.4. The number of hydrogen-bond donors (Lipinski definition) is 0. The fourth-order valence-corrected chi connectivity index (χ4v) is 2.38. The van der Waals surface area contributed by atoms with Crippen molar-refractivity contribution >= 4 is 11.0 Å². The molecule has 0 aliphatic carbocycles. The molecule has 3 aromatic rings. The number of imidazole rings is 1. The molecule has 0 unspecified atom stereocenters. The van der Waals surface area contributed by atoms with E-state index in [1.54, 1.807) is 0 Å². The molecule has 3 rings (SSSR count). The number of aryl methyl sites for hydroxylation is 1. The summed E-state index contributed by atoms with van der Waals surface area (Å²) in [7, 11) is 0. The molecule has 0 atom stereocenters. The molecular weight excluding hydrogens is 246 g/mol. The van der Waals surface area contributed by atoms with E-state index in [1.807, 2.05) is 18.2 Å². The van der Waals surface area contributed by atoms with Crippen LogP contribution in [0, 0.1) is 18.3 Å². The zero-order valence-electron chi connectivity index (χ0n) is 11.4. The molecule has 98 valence electrons. The number of rotatable bonds is 3. The Bertz CT molecular complexity index is 776. The van der Waals surface area contributed by atoms with Crippen LogP contribution in [0.25, 0.3) is 11.0 Å². The van der Waals surface area contributed by atoms with Crippen LogP contribution in [0.15, 0.2) is 48.5 Å². The van der Waals surface area contributed by atoms with Gasteiger partial charge in [0.05, 0.1) is 23.5 Å². The lowest BCUT2D eigenvalue weighted by Crippen LogP contribution is -2.04. The molecule has 3 nitrogen and oxygen atoms in total. The highest BCUT2D eigenvalue weighted by Gasteiger charge is 2.10. The van der Waals surface area contributed by atoms with Gasteiger partial charge in [0.2, 0.25) is 0 Å². The number of nitrogens with zero attached hydrogens (tertiary/aromatic N) is 3. The molecule has 1 aromatic heterocycles. The fraction of sp³-hybridized carbons (Fsp3) is 0.176. The van der Waals surface area contributed by atoms with Crippen molar-refractivity contribution in [3.63, 3.8) is 0 Å². The van der Waals surface area contributed by atoms with Gasteiger partial charge in [-0.05, 0) is 24.6 Å². The van der Waals surface area contributed by atoms with Crippen molar-refractivity contribution in [2.45, 2.75) is 19.9 Å². The van der Waals surface area contributed by atoms with E-state index in [4.69, 9.17) is 5.26 Å². The fourth-order valence-electron chi connectivity index (χ4n) is 2.38. The predicted molar refractivity (Wildman–Crippen MR) is 79.3 cm³/mol. The van der Waals surface area contributed by atoms with Gasteiger partial charge in [-0.2, -0.15) is 5.26 Å². The first-order valence-electron chi connectivity index (χ1n) is 6.64. The van der Waals surface area contributed by atoms with Crippen molar-refractivity contribution in [1.29, 1.82) is 5.26 Å². The van der Waals surface area contributed by atoms with Crippen LogP contribution in [0.2, 0.25) is 0 Å². The summed E-state index contributed by atoms with van der Waals surface area (Å²) in [6.45, 7) is 2.83. The van der Waals surface area contributed by atoms with Gasteiger partial charge in [0.15, 0.2) is 0 Å². The molecular formula is C17H15N3. The van der Waals surface area contributed by atoms with Gasteiger partial charge in [-0.15, -0.1) is 0 Å². The van der Waals surface area contributed by atoms with Gasteiger partial charge < -0.3 is 4.57 Å². The van der Waals surface area contributed by atoms with Crippen LogP contribution in [-0.2, 0) is 13.0 Å². The molecule has 20 heavy (non-hydrogen) atoms. The van der Waals surface area contributed by atoms with E-state index in [1.165, 1.54) is 11.1 Å².